The van der Waals surface area contributed by atoms with Crippen molar-refractivity contribution in [3.8, 4) is 0 Å². The van der Waals surface area contributed by atoms with E-state index in [0.717, 1.165) is 13.1 Å². The van der Waals surface area contributed by atoms with E-state index >= 15 is 0 Å². The van der Waals surface area contributed by atoms with E-state index in [1.165, 1.54) is 0 Å². The van der Waals surface area contributed by atoms with Crippen LogP contribution in [-0.2, 0) is 15.1 Å². The Morgan fingerprint density at radius 1 is 1.23 bits per heavy atom. The molecule has 1 aromatic carbocycles. The lowest BCUT2D eigenvalue weighted by Gasteiger charge is -2.28. The zero-order valence-corrected chi connectivity index (χ0v) is 14.2. The summed E-state index contributed by atoms with van der Waals surface area (Å²) in [5.41, 5.74) is -0.977. The van der Waals surface area contributed by atoms with E-state index in [-0.39, 0.29) is 5.92 Å². The van der Waals surface area contributed by atoms with Gasteiger partial charge in [0.25, 0.3) is 0 Å². The second-order valence-electron chi connectivity index (χ2n) is 5.99. The van der Waals surface area contributed by atoms with Crippen molar-refractivity contribution in [1.82, 2.24) is 4.90 Å². The summed E-state index contributed by atoms with van der Waals surface area (Å²) in [6.45, 7) is 10.9. The molecule has 1 aromatic rings. The van der Waals surface area contributed by atoms with Crippen molar-refractivity contribution in [2.24, 2.45) is 5.92 Å². The first-order chi connectivity index (χ1) is 10.4. The number of ether oxygens (including phenoxy) is 1. The van der Waals surface area contributed by atoms with Gasteiger partial charge in [-0.3, -0.25) is 0 Å². The van der Waals surface area contributed by atoms with Crippen molar-refractivity contribution < 1.29 is 14.6 Å². The molecule has 0 heterocycles. The highest BCUT2D eigenvalue weighted by Crippen LogP contribution is 2.30. The number of carbonyl (C=O) groups is 1. The van der Waals surface area contributed by atoms with Crippen molar-refractivity contribution in [3.63, 3.8) is 0 Å². The van der Waals surface area contributed by atoms with E-state index in [4.69, 9.17) is 4.74 Å². The average Bonchev–Trinajstić information content (AvgIpc) is 2.51. The molecule has 0 fully saturated rings. The van der Waals surface area contributed by atoms with Crippen LogP contribution < -0.4 is 0 Å². The topological polar surface area (TPSA) is 49.8 Å². The van der Waals surface area contributed by atoms with Crippen LogP contribution in [0.15, 0.2) is 30.3 Å². The summed E-state index contributed by atoms with van der Waals surface area (Å²) in [6, 6.07) is 9.06. The summed E-state index contributed by atoms with van der Waals surface area (Å²) >= 11 is 0. The van der Waals surface area contributed by atoms with Crippen molar-refractivity contribution in [1.29, 1.82) is 0 Å². The molecule has 0 saturated carbocycles. The van der Waals surface area contributed by atoms with Crippen LogP contribution in [0.1, 0.15) is 39.7 Å². The Labute approximate surface area is 134 Å². The molecule has 0 aliphatic carbocycles. The van der Waals surface area contributed by atoms with Gasteiger partial charge in [-0.1, -0.05) is 58.0 Å². The largest absolute Gasteiger partial charge is 0.462 e. The Morgan fingerprint density at radius 3 is 2.32 bits per heavy atom. The maximum absolute atomic E-state index is 12.5. The number of rotatable bonds is 9. The van der Waals surface area contributed by atoms with Gasteiger partial charge in [-0.2, -0.15) is 0 Å². The number of likely N-dealkylation sites (N-methyl/N-ethyl adjacent to an activating group) is 1. The number of benzene rings is 1. The van der Waals surface area contributed by atoms with Gasteiger partial charge in [0.05, 0.1) is 0 Å². The first-order valence-electron chi connectivity index (χ1n) is 8.11. The molecule has 1 rings (SSSR count). The summed E-state index contributed by atoms with van der Waals surface area (Å²) in [5.74, 6) is -0.375. The average molecular weight is 307 g/mol. The predicted octanol–water partition coefficient (Wildman–Crippen LogP) is 2.81. The quantitative estimate of drug-likeness (QED) is 0.713. The van der Waals surface area contributed by atoms with Gasteiger partial charge < -0.3 is 14.7 Å². The molecule has 0 aliphatic heterocycles. The van der Waals surface area contributed by atoms with Crippen LogP contribution in [0.3, 0.4) is 0 Å². The molecule has 0 aliphatic rings. The number of nitrogens with zero attached hydrogens (tertiary/aromatic N) is 1. The number of esters is 1. The third kappa shape index (κ3) is 5.11. The van der Waals surface area contributed by atoms with E-state index in [2.05, 4.69) is 18.7 Å². The lowest BCUT2D eigenvalue weighted by molar-refractivity contribution is -0.169. The Hall–Kier alpha value is -1.39. The Balaban J connectivity index is 2.77. The van der Waals surface area contributed by atoms with Crippen LogP contribution in [-0.4, -0.2) is 42.2 Å². The Morgan fingerprint density at radius 2 is 1.82 bits per heavy atom. The molecular formula is C18H29NO3. The lowest BCUT2D eigenvalue weighted by Crippen LogP contribution is -2.40. The van der Waals surface area contributed by atoms with Crippen molar-refractivity contribution in [3.05, 3.63) is 35.9 Å². The highest BCUT2D eigenvalue weighted by Gasteiger charge is 2.40. The van der Waals surface area contributed by atoms with Crippen LogP contribution in [0.5, 0.6) is 0 Å². The molecular weight excluding hydrogens is 278 g/mol. The fraction of sp³-hybridized carbons (Fsp3) is 0.611. The zero-order valence-electron chi connectivity index (χ0n) is 14.2. The van der Waals surface area contributed by atoms with E-state index < -0.39 is 11.6 Å². The Bertz CT molecular complexity index is 443. The van der Waals surface area contributed by atoms with Gasteiger partial charge in [-0.25, -0.2) is 4.79 Å². The number of carbonyl (C=O) groups excluding carboxylic acids is 1. The van der Waals surface area contributed by atoms with E-state index in [1.807, 2.05) is 32.0 Å². The first kappa shape index (κ1) is 18.7. The summed E-state index contributed by atoms with van der Waals surface area (Å²) in [5, 5.41) is 10.9. The van der Waals surface area contributed by atoms with Gasteiger partial charge in [0.1, 0.15) is 6.61 Å². The van der Waals surface area contributed by atoms with E-state index in [1.54, 1.807) is 12.1 Å². The monoisotopic (exact) mass is 307 g/mol. The molecule has 0 saturated heterocycles. The minimum absolute atomic E-state index is 0.181. The molecule has 0 amide bonds. The summed E-state index contributed by atoms with van der Waals surface area (Å²) < 4.78 is 5.37. The van der Waals surface area contributed by atoms with Gasteiger partial charge >= 0.3 is 5.97 Å². The number of hydrogen-bond acceptors (Lipinski definition) is 4. The van der Waals surface area contributed by atoms with Crippen LogP contribution in [0, 0.1) is 5.92 Å². The summed E-state index contributed by atoms with van der Waals surface area (Å²) in [4.78, 5) is 14.6. The van der Waals surface area contributed by atoms with Gasteiger partial charge in [-0.15, -0.1) is 0 Å². The van der Waals surface area contributed by atoms with E-state index in [9.17, 15) is 9.90 Å². The fourth-order valence-corrected chi connectivity index (χ4v) is 2.55. The van der Waals surface area contributed by atoms with Gasteiger partial charge in [0.15, 0.2) is 5.60 Å². The number of aliphatic hydroxyl groups is 1. The van der Waals surface area contributed by atoms with Crippen molar-refractivity contribution >= 4 is 5.97 Å². The van der Waals surface area contributed by atoms with Crippen LogP contribution >= 0.6 is 0 Å². The molecule has 124 valence electrons. The van der Waals surface area contributed by atoms with Crippen molar-refractivity contribution in [2.45, 2.75) is 39.7 Å². The SMILES string of the molecule is CCN(CC)CCOC(=O)C(O)(CC(C)C)c1ccccc1. The molecule has 0 radical (unpaired) electrons. The molecule has 4 heteroatoms. The third-order valence-electron chi connectivity index (χ3n) is 3.83. The molecule has 22 heavy (non-hydrogen) atoms. The molecule has 0 bridgehead atoms. The van der Waals surface area contributed by atoms with Gasteiger partial charge in [-0.05, 0) is 31.0 Å². The van der Waals surface area contributed by atoms with Crippen LogP contribution in [0.4, 0.5) is 0 Å². The van der Waals surface area contributed by atoms with Crippen molar-refractivity contribution in [2.75, 3.05) is 26.2 Å². The minimum Gasteiger partial charge on any atom is -0.462 e. The number of hydrogen-bond donors (Lipinski definition) is 1. The maximum Gasteiger partial charge on any atom is 0.342 e. The highest BCUT2D eigenvalue weighted by molar-refractivity contribution is 5.81. The Kier molecular flexibility index (Phi) is 7.56. The highest BCUT2D eigenvalue weighted by atomic mass is 16.5. The molecule has 0 spiro atoms. The summed E-state index contributed by atoms with van der Waals surface area (Å²) in [7, 11) is 0. The van der Waals surface area contributed by atoms with Gasteiger partial charge in [0.2, 0.25) is 0 Å². The second-order valence-corrected chi connectivity index (χ2v) is 5.99. The summed E-state index contributed by atoms with van der Waals surface area (Å²) in [6.07, 6.45) is 0.348. The maximum atomic E-state index is 12.5. The standard InChI is InChI=1S/C18H29NO3/c1-5-19(6-2)12-13-22-17(20)18(21,14-15(3)4)16-10-8-7-9-11-16/h7-11,15,21H,5-6,12-14H2,1-4H3. The second kappa shape index (κ2) is 8.91. The lowest BCUT2D eigenvalue weighted by atomic mass is 9.86. The molecule has 0 aromatic heterocycles. The normalized spacial score (nSPS) is 14.1. The molecule has 1 N–H and O–H groups in total. The molecule has 1 atom stereocenters. The van der Waals surface area contributed by atoms with Gasteiger partial charge in [0, 0.05) is 6.54 Å². The molecule has 1 unspecified atom stereocenters. The van der Waals surface area contributed by atoms with E-state index in [0.29, 0.717) is 25.1 Å². The zero-order chi connectivity index (χ0) is 16.6. The fourth-order valence-electron chi connectivity index (χ4n) is 2.55. The first-order valence-corrected chi connectivity index (χ1v) is 8.11. The molecule has 4 nitrogen and oxygen atoms in total. The third-order valence-corrected chi connectivity index (χ3v) is 3.83. The van der Waals surface area contributed by atoms with Crippen LogP contribution in [0.2, 0.25) is 0 Å². The van der Waals surface area contributed by atoms with Crippen LogP contribution in [0.25, 0.3) is 0 Å². The minimum atomic E-state index is -1.57. The smallest absolute Gasteiger partial charge is 0.342 e. The predicted molar refractivity (Wildman–Crippen MR) is 88.5 cm³/mol.